The van der Waals surface area contributed by atoms with Crippen molar-refractivity contribution in [3.63, 3.8) is 0 Å². The van der Waals surface area contributed by atoms with Crippen LogP contribution in [-0.4, -0.2) is 28.8 Å². The maximum atomic E-state index is 13.1. The van der Waals surface area contributed by atoms with Crippen LogP contribution < -0.4 is 17.0 Å². The molecule has 0 bridgehead atoms. The number of pyridine rings is 1. The highest BCUT2D eigenvalue weighted by Crippen LogP contribution is 2.29. The summed E-state index contributed by atoms with van der Waals surface area (Å²) in [7, 11) is 0. The summed E-state index contributed by atoms with van der Waals surface area (Å²) in [4.78, 5) is 25.0. The van der Waals surface area contributed by atoms with Gasteiger partial charge in [0.2, 0.25) is 0 Å². The van der Waals surface area contributed by atoms with E-state index in [4.69, 9.17) is 16.2 Å². The number of phenolic OH excluding ortho intramolecular Hbond substituents is 1. The lowest BCUT2D eigenvalue weighted by Gasteiger charge is -2.19. The lowest BCUT2D eigenvalue weighted by molar-refractivity contribution is 0.100. The summed E-state index contributed by atoms with van der Waals surface area (Å²) < 4.78 is 6.52. The number of hydrogen-bond acceptors (Lipinski definition) is 5. The van der Waals surface area contributed by atoms with Crippen molar-refractivity contribution in [2.24, 2.45) is 5.73 Å². The number of aromatic nitrogens is 1. The Bertz CT molecular complexity index is 979. The van der Waals surface area contributed by atoms with Gasteiger partial charge in [0.15, 0.2) is 0 Å². The summed E-state index contributed by atoms with van der Waals surface area (Å²) in [6.07, 6.45) is 1.78. The SMILES string of the molecule is Cc1ccc(O)c(C)c1-n1c(N)c(C(N)=O)cc(C2=CCOC2)c1=O.S. The van der Waals surface area contributed by atoms with Gasteiger partial charge in [0.1, 0.15) is 11.6 Å². The fourth-order valence-electron chi connectivity index (χ4n) is 3.02. The molecule has 0 atom stereocenters. The van der Waals surface area contributed by atoms with Crippen molar-refractivity contribution in [1.29, 1.82) is 0 Å². The molecule has 0 saturated carbocycles. The van der Waals surface area contributed by atoms with Gasteiger partial charge in [-0.05, 0) is 37.1 Å². The van der Waals surface area contributed by atoms with E-state index >= 15 is 0 Å². The van der Waals surface area contributed by atoms with Crippen molar-refractivity contribution < 1.29 is 14.6 Å². The first-order chi connectivity index (χ1) is 11.8. The molecule has 1 amide bonds. The third kappa shape index (κ3) is 3.09. The fraction of sp³-hybridized carbons (Fsp3) is 0.222. The molecule has 8 heteroatoms. The zero-order valence-electron chi connectivity index (χ0n) is 14.5. The first-order valence-corrected chi connectivity index (χ1v) is 7.75. The quantitative estimate of drug-likeness (QED) is 0.748. The van der Waals surface area contributed by atoms with E-state index in [9.17, 15) is 14.7 Å². The normalized spacial score (nSPS) is 13.2. The number of primary amides is 1. The molecule has 1 aromatic carbocycles. The first kappa shape index (κ1) is 19.6. The van der Waals surface area contributed by atoms with E-state index in [0.29, 0.717) is 29.0 Å². The maximum Gasteiger partial charge on any atom is 0.264 e. The molecule has 2 aromatic rings. The number of aryl methyl sites for hydroxylation is 1. The second-order valence-corrected chi connectivity index (χ2v) is 5.98. The standard InChI is InChI=1S/C18H19N3O4.H2S/c1-9-3-4-14(22)10(2)15(9)21-16(19)13(17(20)23)7-12(18(21)24)11-5-6-25-8-11;/h3-5,7,22H,6,8,19H2,1-2H3,(H2,20,23);1H2. The van der Waals surface area contributed by atoms with Gasteiger partial charge in [-0.2, -0.15) is 13.5 Å². The Balaban J connectivity index is 0.00000243. The minimum Gasteiger partial charge on any atom is -0.508 e. The Morgan fingerprint density at radius 3 is 2.58 bits per heavy atom. The highest BCUT2D eigenvalue weighted by atomic mass is 32.1. The predicted octanol–water partition coefficient (Wildman–Crippen LogP) is 1.37. The van der Waals surface area contributed by atoms with Crippen LogP contribution in [0.1, 0.15) is 27.0 Å². The first-order valence-electron chi connectivity index (χ1n) is 7.75. The average Bonchev–Trinajstić information content (AvgIpc) is 3.08. The van der Waals surface area contributed by atoms with Crippen LogP contribution in [0.25, 0.3) is 11.3 Å². The Morgan fingerprint density at radius 1 is 1.31 bits per heavy atom. The van der Waals surface area contributed by atoms with Crippen LogP contribution >= 0.6 is 13.5 Å². The molecule has 7 nitrogen and oxygen atoms in total. The highest BCUT2D eigenvalue weighted by Gasteiger charge is 2.23. The van der Waals surface area contributed by atoms with E-state index in [2.05, 4.69) is 0 Å². The number of carbonyl (C=O) groups excluding carboxylic acids is 1. The maximum absolute atomic E-state index is 13.1. The summed E-state index contributed by atoms with van der Waals surface area (Å²) in [5.41, 5.74) is 13.8. The van der Waals surface area contributed by atoms with Crippen LogP contribution in [0, 0.1) is 13.8 Å². The van der Waals surface area contributed by atoms with Crippen molar-refractivity contribution in [2.75, 3.05) is 18.9 Å². The molecule has 5 N–H and O–H groups in total. The van der Waals surface area contributed by atoms with Crippen molar-refractivity contribution in [3.05, 3.63) is 56.9 Å². The highest BCUT2D eigenvalue weighted by molar-refractivity contribution is 7.59. The van der Waals surface area contributed by atoms with Crippen LogP contribution in [0.3, 0.4) is 0 Å². The minimum atomic E-state index is -0.734. The molecule has 3 rings (SSSR count). The number of aromatic hydroxyl groups is 1. The number of amides is 1. The monoisotopic (exact) mass is 375 g/mol. The summed E-state index contributed by atoms with van der Waals surface area (Å²) in [5.74, 6) is -0.763. The van der Waals surface area contributed by atoms with Gasteiger partial charge < -0.3 is 21.3 Å². The number of nitrogen functional groups attached to an aromatic ring is 1. The smallest absolute Gasteiger partial charge is 0.264 e. The molecule has 138 valence electrons. The van der Waals surface area contributed by atoms with Gasteiger partial charge in [0, 0.05) is 11.1 Å². The van der Waals surface area contributed by atoms with Crippen LogP contribution in [0.4, 0.5) is 5.82 Å². The molecule has 0 fully saturated rings. The molecule has 26 heavy (non-hydrogen) atoms. The largest absolute Gasteiger partial charge is 0.508 e. The molecule has 2 heterocycles. The van der Waals surface area contributed by atoms with Crippen molar-refractivity contribution in [3.8, 4) is 11.4 Å². The average molecular weight is 375 g/mol. The number of phenols is 1. The number of benzene rings is 1. The lowest BCUT2D eigenvalue weighted by atomic mass is 10.0. The molecule has 1 aromatic heterocycles. The zero-order valence-corrected chi connectivity index (χ0v) is 15.5. The van der Waals surface area contributed by atoms with Gasteiger partial charge >= 0.3 is 0 Å². The number of carbonyl (C=O) groups is 1. The molecule has 1 aliphatic heterocycles. The van der Waals surface area contributed by atoms with E-state index in [1.54, 1.807) is 32.1 Å². The number of hydrogen-bond donors (Lipinski definition) is 3. The molecular formula is C18H21N3O4S. The third-order valence-corrected chi connectivity index (χ3v) is 4.38. The number of nitrogens with two attached hydrogens (primary N) is 2. The van der Waals surface area contributed by atoms with Crippen LogP contribution in [0.2, 0.25) is 0 Å². The summed E-state index contributed by atoms with van der Waals surface area (Å²) in [5, 5.41) is 10.0. The predicted molar refractivity (Wildman–Crippen MR) is 105 cm³/mol. The van der Waals surface area contributed by atoms with Gasteiger partial charge in [-0.3, -0.25) is 14.2 Å². The molecule has 0 radical (unpaired) electrons. The molecule has 0 aliphatic carbocycles. The molecule has 1 aliphatic rings. The van der Waals surface area contributed by atoms with E-state index in [1.807, 2.05) is 0 Å². The lowest BCUT2D eigenvalue weighted by Crippen LogP contribution is -2.29. The van der Waals surface area contributed by atoms with E-state index < -0.39 is 11.5 Å². The van der Waals surface area contributed by atoms with E-state index in [0.717, 1.165) is 5.56 Å². The van der Waals surface area contributed by atoms with Crippen molar-refractivity contribution in [1.82, 2.24) is 4.57 Å². The van der Waals surface area contributed by atoms with Crippen molar-refractivity contribution >= 4 is 30.8 Å². The van der Waals surface area contributed by atoms with Crippen LogP contribution in [-0.2, 0) is 4.74 Å². The van der Waals surface area contributed by atoms with Gasteiger partial charge in [-0.25, -0.2) is 0 Å². The Kier molecular flexibility index (Phi) is 5.48. The van der Waals surface area contributed by atoms with Gasteiger partial charge in [0.25, 0.3) is 11.5 Å². The topological polar surface area (TPSA) is 121 Å². The van der Waals surface area contributed by atoms with E-state index in [-0.39, 0.29) is 37.2 Å². The Hall–Kier alpha value is -2.71. The molecule has 0 saturated heterocycles. The zero-order chi connectivity index (χ0) is 18.3. The second-order valence-electron chi connectivity index (χ2n) is 5.98. The van der Waals surface area contributed by atoms with Gasteiger partial charge in [0.05, 0.1) is 24.5 Å². The summed E-state index contributed by atoms with van der Waals surface area (Å²) in [6, 6.07) is 4.63. The van der Waals surface area contributed by atoms with Gasteiger partial charge in [-0.15, -0.1) is 0 Å². The number of anilines is 1. The summed E-state index contributed by atoms with van der Waals surface area (Å²) >= 11 is 0. The number of rotatable bonds is 3. The second kappa shape index (κ2) is 7.27. The number of nitrogens with zero attached hydrogens (tertiary/aromatic N) is 1. The summed E-state index contributed by atoms with van der Waals surface area (Å²) in [6.45, 7) is 4.14. The van der Waals surface area contributed by atoms with Gasteiger partial charge in [-0.1, -0.05) is 12.1 Å². The molecule has 0 unspecified atom stereocenters. The van der Waals surface area contributed by atoms with E-state index in [1.165, 1.54) is 10.6 Å². The third-order valence-electron chi connectivity index (χ3n) is 4.38. The molecule has 0 spiro atoms. The Morgan fingerprint density at radius 2 is 2.00 bits per heavy atom. The Labute approximate surface area is 157 Å². The minimum absolute atomic E-state index is 0. The van der Waals surface area contributed by atoms with Crippen LogP contribution in [0.5, 0.6) is 5.75 Å². The van der Waals surface area contributed by atoms with Crippen molar-refractivity contribution in [2.45, 2.75) is 13.8 Å². The molecular weight excluding hydrogens is 354 g/mol. The van der Waals surface area contributed by atoms with Crippen LogP contribution in [0.15, 0.2) is 29.1 Å². The number of ether oxygens (including phenoxy) is 1. The fourth-order valence-corrected chi connectivity index (χ4v) is 3.02.